The minimum atomic E-state index is -0.278. The normalized spacial score (nSPS) is 12.2. The van der Waals surface area contributed by atoms with E-state index in [0.29, 0.717) is 4.88 Å². The minimum absolute atomic E-state index is 0.111. The third kappa shape index (κ3) is 4.39. The molecule has 0 spiro atoms. The number of amides is 1. The Hall–Kier alpha value is -2.79. The van der Waals surface area contributed by atoms with Crippen LogP contribution in [0.1, 0.15) is 28.1 Å². The molecule has 3 aromatic rings. The lowest BCUT2D eigenvalue weighted by Gasteiger charge is -2.05. The largest absolute Gasteiger partial charge is 0.281 e. The van der Waals surface area contributed by atoms with E-state index in [9.17, 15) is 9.18 Å². The molecule has 0 fully saturated rings. The number of halogens is 1. The maximum Gasteiger partial charge on any atom is 0.281 e. The van der Waals surface area contributed by atoms with Gasteiger partial charge < -0.3 is 0 Å². The standard InChI is InChI=1S/C20H17FN2OS/c1-14(15-5-3-2-4-6-15)13-22-23-20(24)19-12-11-18(25-19)16-7-9-17(21)10-8-16/h2-14H,1H3,(H,23,24). The van der Waals surface area contributed by atoms with Crippen molar-refractivity contribution in [1.29, 1.82) is 0 Å². The van der Waals surface area contributed by atoms with Gasteiger partial charge in [0.05, 0.1) is 4.88 Å². The molecule has 1 atom stereocenters. The Labute approximate surface area is 149 Å². The first-order valence-corrected chi connectivity index (χ1v) is 8.69. The van der Waals surface area contributed by atoms with Crippen LogP contribution in [0.3, 0.4) is 0 Å². The van der Waals surface area contributed by atoms with E-state index in [1.54, 1.807) is 24.4 Å². The summed E-state index contributed by atoms with van der Waals surface area (Å²) in [5, 5.41) is 4.05. The van der Waals surface area contributed by atoms with Gasteiger partial charge in [-0.3, -0.25) is 4.79 Å². The van der Waals surface area contributed by atoms with Crippen LogP contribution in [-0.2, 0) is 0 Å². The second kappa shape index (κ2) is 7.85. The molecule has 1 aromatic heterocycles. The van der Waals surface area contributed by atoms with E-state index in [1.165, 1.54) is 23.5 Å². The van der Waals surface area contributed by atoms with Gasteiger partial charge in [0.15, 0.2) is 0 Å². The molecular weight excluding hydrogens is 335 g/mol. The SMILES string of the molecule is CC(C=NNC(=O)c1ccc(-c2ccc(F)cc2)s1)c1ccccc1. The average molecular weight is 352 g/mol. The van der Waals surface area contributed by atoms with E-state index in [2.05, 4.69) is 10.5 Å². The van der Waals surface area contributed by atoms with Crippen LogP contribution in [0.2, 0.25) is 0 Å². The van der Waals surface area contributed by atoms with Crippen LogP contribution in [0.15, 0.2) is 71.8 Å². The molecule has 0 saturated carbocycles. The lowest BCUT2D eigenvalue weighted by Crippen LogP contribution is -2.16. The summed E-state index contributed by atoms with van der Waals surface area (Å²) in [6.45, 7) is 2.02. The predicted octanol–water partition coefficient (Wildman–Crippen LogP) is 5.07. The third-order valence-electron chi connectivity index (χ3n) is 3.75. The van der Waals surface area contributed by atoms with Crippen LogP contribution >= 0.6 is 11.3 Å². The summed E-state index contributed by atoms with van der Waals surface area (Å²) in [6, 6.07) is 19.8. The molecule has 0 aliphatic carbocycles. The number of carbonyl (C=O) groups is 1. The van der Waals surface area contributed by atoms with Crippen LogP contribution in [0.25, 0.3) is 10.4 Å². The number of rotatable bonds is 5. The fourth-order valence-electron chi connectivity index (χ4n) is 2.33. The van der Waals surface area contributed by atoms with Crippen molar-refractivity contribution in [3.8, 4) is 10.4 Å². The Morgan fingerprint density at radius 1 is 1.08 bits per heavy atom. The van der Waals surface area contributed by atoms with Gasteiger partial charge in [-0.25, -0.2) is 9.82 Å². The van der Waals surface area contributed by atoms with E-state index in [4.69, 9.17) is 0 Å². The number of hydrogen-bond acceptors (Lipinski definition) is 3. The van der Waals surface area contributed by atoms with Gasteiger partial charge in [-0.15, -0.1) is 11.3 Å². The third-order valence-corrected chi connectivity index (χ3v) is 4.88. The second-order valence-electron chi connectivity index (χ2n) is 5.59. The van der Waals surface area contributed by atoms with Crippen molar-refractivity contribution in [2.75, 3.05) is 0 Å². The summed E-state index contributed by atoms with van der Waals surface area (Å²) in [7, 11) is 0. The quantitative estimate of drug-likeness (QED) is 0.505. The summed E-state index contributed by atoms with van der Waals surface area (Å²) in [4.78, 5) is 13.7. The Bertz CT molecular complexity index is 872. The van der Waals surface area contributed by atoms with Crippen LogP contribution in [0.4, 0.5) is 4.39 Å². The molecule has 5 heteroatoms. The fourth-order valence-corrected chi connectivity index (χ4v) is 3.24. The summed E-state index contributed by atoms with van der Waals surface area (Å²) >= 11 is 1.35. The van der Waals surface area contributed by atoms with Crippen molar-refractivity contribution in [1.82, 2.24) is 5.43 Å². The molecule has 1 amide bonds. The van der Waals surface area contributed by atoms with Gasteiger partial charge in [-0.2, -0.15) is 5.10 Å². The van der Waals surface area contributed by atoms with Crippen molar-refractivity contribution in [3.05, 3.63) is 83.0 Å². The number of hydrogen-bond donors (Lipinski definition) is 1. The van der Waals surface area contributed by atoms with Gasteiger partial charge in [-0.1, -0.05) is 49.4 Å². The fraction of sp³-hybridized carbons (Fsp3) is 0.100. The molecule has 0 saturated heterocycles. The van der Waals surface area contributed by atoms with Crippen molar-refractivity contribution >= 4 is 23.5 Å². The number of nitrogens with zero attached hydrogens (tertiary/aromatic N) is 1. The zero-order valence-corrected chi connectivity index (χ0v) is 14.5. The first kappa shape index (κ1) is 17.0. The number of benzene rings is 2. The van der Waals surface area contributed by atoms with E-state index in [-0.39, 0.29) is 17.6 Å². The highest BCUT2D eigenvalue weighted by Gasteiger charge is 2.10. The second-order valence-corrected chi connectivity index (χ2v) is 6.67. The molecule has 1 heterocycles. The molecule has 126 valence electrons. The maximum absolute atomic E-state index is 13.0. The lowest BCUT2D eigenvalue weighted by molar-refractivity contribution is 0.0959. The van der Waals surface area contributed by atoms with E-state index < -0.39 is 0 Å². The van der Waals surface area contributed by atoms with Crippen molar-refractivity contribution < 1.29 is 9.18 Å². The number of hydrazone groups is 1. The summed E-state index contributed by atoms with van der Waals surface area (Å²) < 4.78 is 13.0. The van der Waals surface area contributed by atoms with Crippen molar-refractivity contribution in [2.45, 2.75) is 12.8 Å². The molecule has 3 rings (SSSR count). The van der Waals surface area contributed by atoms with Crippen LogP contribution in [0.5, 0.6) is 0 Å². The monoisotopic (exact) mass is 352 g/mol. The molecule has 1 unspecified atom stereocenters. The van der Waals surface area contributed by atoms with Gasteiger partial charge in [0.1, 0.15) is 5.82 Å². The zero-order chi connectivity index (χ0) is 17.6. The first-order chi connectivity index (χ1) is 12.1. The molecule has 0 bridgehead atoms. The number of thiophene rings is 1. The number of carbonyl (C=O) groups excluding carboxylic acids is 1. The molecule has 3 nitrogen and oxygen atoms in total. The predicted molar refractivity (Wildman–Crippen MR) is 101 cm³/mol. The molecule has 2 aromatic carbocycles. The highest BCUT2D eigenvalue weighted by Crippen LogP contribution is 2.28. The highest BCUT2D eigenvalue weighted by molar-refractivity contribution is 7.17. The van der Waals surface area contributed by atoms with E-state index in [0.717, 1.165) is 16.0 Å². The lowest BCUT2D eigenvalue weighted by atomic mass is 10.0. The van der Waals surface area contributed by atoms with Crippen molar-refractivity contribution in [3.63, 3.8) is 0 Å². The van der Waals surface area contributed by atoms with E-state index >= 15 is 0 Å². The topological polar surface area (TPSA) is 41.5 Å². The molecule has 0 aliphatic heterocycles. The molecule has 0 aliphatic rings. The smallest absolute Gasteiger partial charge is 0.266 e. The Kier molecular flexibility index (Phi) is 5.36. The molecular formula is C20H17FN2OS. The molecule has 25 heavy (non-hydrogen) atoms. The summed E-state index contributed by atoms with van der Waals surface area (Å²) in [5.74, 6) is -0.422. The summed E-state index contributed by atoms with van der Waals surface area (Å²) in [5.41, 5.74) is 4.57. The maximum atomic E-state index is 13.0. The van der Waals surface area contributed by atoms with Gasteiger partial charge in [-0.05, 0) is 35.4 Å². The Morgan fingerprint density at radius 2 is 1.80 bits per heavy atom. The van der Waals surface area contributed by atoms with Crippen molar-refractivity contribution in [2.24, 2.45) is 5.10 Å². The van der Waals surface area contributed by atoms with Gasteiger partial charge >= 0.3 is 0 Å². The Balaban J connectivity index is 1.62. The number of nitrogens with one attached hydrogen (secondary N) is 1. The molecule has 0 radical (unpaired) electrons. The van der Waals surface area contributed by atoms with Gasteiger partial charge in [0, 0.05) is 17.0 Å². The minimum Gasteiger partial charge on any atom is -0.266 e. The highest BCUT2D eigenvalue weighted by atomic mass is 32.1. The average Bonchev–Trinajstić information content (AvgIpc) is 3.13. The van der Waals surface area contributed by atoms with Gasteiger partial charge in [0.2, 0.25) is 0 Å². The summed E-state index contributed by atoms with van der Waals surface area (Å²) in [6.07, 6.45) is 1.71. The van der Waals surface area contributed by atoms with Gasteiger partial charge in [0.25, 0.3) is 5.91 Å². The van der Waals surface area contributed by atoms with Crippen LogP contribution < -0.4 is 5.43 Å². The van der Waals surface area contributed by atoms with Crippen LogP contribution in [0, 0.1) is 5.82 Å². The van der Waals surface area contributed by atoms with Crippen LogP contribution in [-0.4, -0.2) is 12.1 Å². The zero-order valence-electron chi connectivity index (χ0n) is 13.6. The van der Waals surface area contributed by atoms with E-state index in [1.807, 2.05) is 43.3 Å². The Morgan fingerprint density at radius 3 is 2.52 bits per heavy atom. The molecule has 1 N–H and O–H groups in total. The first-order valence-electron chi connectivity index (χ1n) is 7.88.